The lowest BCUT2D eigenvalue weighted by Gasteiger charge is -2.27. The van der Waals surface area contributed by atoms with Crippen molar-refractivity contribution in [1.29, 1.82) is 0 Å². The number of nitrogen functional groups attached to an aromatic ring is 1. The Morgan fingerprint density at radius 3 is 3.08 bits per heavy atom. The Morgan fingerprint density at radius 1 is 1.32 bits per heavy atom. The van der Waals surface area contributed by atoms with Crippen LogP contribution in [0.25, 0.3) is 16.7 Å². The molecular weight excluding hydrogens is 320 g/mol. The summed E-state index contributed by atoms with van der Waals surface area (Å²) in [5.41, 5.74) is 8.05. The van der Waals surface area contributed by atoms with Crippen molar-refractivity contribution < 1.29 is 9.21 Å². The van der Waals surface area contributed by atoms with E-state index in [4.69, 9.17) is 10.2 Å². The Morgan fingerprint density at radius 2 is 2.24 bits per heavy atom. The molecule has 1 aliphatic heterocycles. The average molecular weight is 338 g/mol. The molecule has 1 amide bonds. The van der Waals surface area contributed by atoms with E-state index in [9.17, 15) is 4.79 Å². The second-order valence-corrected chi connectivity index (χ2v) is 5.93. The molecule has 128 valence electrons. The maximum absolute atomic E-state index is 12.6. The van der Waals surface area contributed by atoms with E-state index in [1.54, 1.807) is 12.6 Å². The summed E-state index contributed by atoms with van der Waals surface area (Å²) in [5, 5.41) is 0. The first-order valence-electron chi connectivity index (χ1n) is 8.14. The molecule has 8 heteroatoms. The molecule has 0 radical (unpaired) electrons. The number of nitrogens with zero attached hydrogens (tertiary/aromatic N) is 5. The van der Waals surface area contributed by atoms with Crippen LogP contribution in [0.5, 0.6) is 0 Å². The van der Waals surface area contributed by atoms with Gasteiger partial charge in [-0.2, -0.15) is 0 Å². The first-order chi connectivity index (χ1) is 12.2. The number of rotatable bonds is 4. The number of hydrogen-bond acceptors (Lipinski definition) is 6. The Labute approximate surface area is 144 Å². The molecule has 0 aliphatic carbocycles. The Bertz CT molecular complexity index is 928. The minimum Gasteiger partial charge on any atom is -0.465 e. The molecule has 4 rings (SSSR count). The van der Waals surface area contributed by atoms with E-state index in [-0.39, 0.29) is 5.91 Å². The van der Waals surface area contributed by atoms with E-state index in [1.807, 2.05) is 21.6 Å². The number of aromatic nitrogens is 4. The van der Waals surface area contributed by atoms with Crippen LogP contribution in [0.4, 0.5) is 5.82 Å². The van der Waals surface area contributed by atoms with Gasteiger partial charge in [0.25, 0.3) is 0 Å². The van der Waals surface area contributed by atoms with Gasteiger partial charge in [-0.3, -0.25) is 4.79 Å². The monoisotopic (exact) mass is 338 g/mol. The van der Waals surface area contributed by atoms with Crippen molar-refractivity contribution >= 4 is 28.5 Å². The topological polar surface area (TPSA) is 103 Å². The fourth-order valence-corrected chi connectivity index (χ4v) is 3.03. The van der Waals surface area contributed by atoms with Gasteiger partial charge in [-0.15, -0.1) is 0 Å². The molecule has 0 unspecified atom stereocenters. The number of amides is 1. The molecular formula is C17H18N6O2. The maximum atomic E-state index is 12.6. The van der Waals surface area contributed by atoms with E-state index in [2.05, 4.69) is 21.0 Å². The third kappa shape index (κ3) is 2.98. The largest absolute Gasteiger partial charge is 0.465 e. The first kappa shape index (κ1) is 15.4. The molecule has 25 heavy (non-hydrogen) atoms. The molecule has 0 fully saturated rings. The predicted octanol–water partition coefficient (Wildman–Crippen LogP) is 1.71. The molecule has 0 bridgehead atoms. The average Bonchev–Trinajstić information content (AvgIpc) is 3.30. The van der Waals surface area contributed by atoms with Crippen LogP contribution in [0.3, 0.4) is 0 Å². The predicted molar refractivity (Wildman–Crippen MR) is 92.2 cm³/mol. The van der Waals surface area contributed by atoms with Crippen molar-refractivity contribution in [3.05, 3.63) is 42.9 Å². The van der Waals surface area contributed by atoms with Crippen LogP contribution in [0, 0.1) is 0 Å². The fourth-order valence-electron chi connectivity index (χ4n) is 3.03. The highest BCUT2D eigenvalue weighted by Gasteiger charge is 2.20. The lowest BCUT2D eigenvalue weighted by molar-refractivity contribution is -0.130. The molecule has 0 saturated heterocycles. The molecule has 8 nitrogen and oxygen atoms in total. The van der Waals surface area contributed by atoms with Gasteiger partial charge in [0.1, 0.15) is 17.6 Å². The van der Waals surface area contributed by atoms with E-state index < -0.39 is 0 Å². The molecule has 0 saturated carbocycles. The third-order valence-corrected chi connectivity index (χ3v) is 4.34. The van der Waals surface area contributed by atoms with Crippen LogP contribution in [0.1, 0.15) is 18.6 Å². The highest BCUT2D eigenvalue weighted by Crippen LogP contribution is 2.22. The third-order valence-electron chi connectivity index (χ3n) is 4.34. The summed E-state index contributed by atoms with van der Waals surface area (Å²) in [5.74, 6) is 1.27. The number of anilines is 1. The van der Waals surface area contributed by atoms with E-state index in [1.165, 1.54) is 6.33 Å². The van der Waals surface area contributed by atoms with Crippen LogP contribution in [0.15, 0.2) is 41.5 Å². The molecule has 0 aromatic carbocycles. The van der Waals surface area contributed by atoms with Crippen LogP contribution >= 0.6 is 0 Å². The lowest BCUT2D eigenvalue weighted by atomic mass is 10.1. The van der Waals surface area contributed by atoms with Gasteiger partial charge < -0.3 is 19.6 Å². The van der Waals surface area contributed by atoms with Gasteiger partial charge in [0.15, 0.2) is 11.5 Å². The second kappa shape index (κ2) is 6.39. The maximum Gasteiger partial charge on any atom is 0.224 e. The molecule has 0 atom stereocenters. The summed E-state index contributed by atoms with van der Waals surface area (Å²) >= 11 is 0. The molecule has 1 aliphatic rings. The minimum atomic E-state index is 0.0982. The summed E-state index contributed by atoms with van der Waals surface area (Å²) in [4.78, 5) is 26.8. The van der Waals surface area contributed by atoms with Crippen molar-refractivity contribution in [2.24, 2.45) is 0 Å². The van der Waals surface area contributed by atoms with Gasteiger partial charge >= 0.3 is 0 Å². The zero-order valence-electron chi connectivity index (χ0n) is 13.6. The van der Waals surface area contributed by atoms with Crippen molar-refractivity contribution in [2.75, 3.05) is 18.8 Å². The standard InChI is InChI=1S/C17H18N6O2/c18-16-15-17(20-10-19-16)23(11-21-15)7-5-14(24)22-6-1-3-12(9-22)13-4-2-8-25-13/h2-4,8,10-11H,1,5-7,9H2,(H2,18,19,20). The number of carbonyl (C=O) groups is 1. The van der Waals surface area contributed by atoms with Gasteiger partial charge in [0.2, 0.25) is 5.91 Å². The van der Waals surface area contributed by atoms with Crippen molar-refractivity contribution in [3.63, 3.8) is 0 Å². The fraction of sp³-hybridized carbons (Fsp3) is 0.294. The van der Waals surface area contributed by atoms with Gasteiger partial charge in [-0.1, -0.05) is 6.08 Å². The van der Waals surface area contributed by atoms with Crippen molar-refractivity contribution in [3.8, 4) is 0 Å². The number of fused-ring (bicyclic) bond motifs is 1. The molecule has 0 spiro atoms. The minimum absolute atomic E-state index is 0.0982. The van der Waals surface area contributed by atoms with Gasteiger partial charge in [0, 0.05) is 31.6 Å². The van der Waals surface area contributed by atoms with Gasteiger partial charge in [-0.25, -0.2) is 15.0 Å². The molecule has 2 N–H and O–H groups in total. The smallest absolute Gasteiger partial charge is 0.224 e. The lowest BCUT2D eigenvalue weighted by Crippen LogP contribution is -2.35. The molecule has 4 heterocycles. The molecule has 3 aromatic rings. The van der Waals surface area contributed by atoms with Crippen LogP contribution in [-0.2, 0) is 11.3 Å². The van der Waals surface area contributed by atoms with E-state index >= 15 is 0 Å². The zero-order chi connectivity index (χ0) is 17.2. The SMILES string of the molecule is Nc1ncnc2c1ncn2CCC(=O)N1CCC=C(c2ccco2)C1. The van der Waals surface area contributed by atoms with Crippen molar-refractivity contribution in [1.82, 2.24) is 24.4 Å². The quantitative estimate of drug-likeness (QED) is 0.777. The summed E-state index contributed by atoms with van der Waals surface area (Å²) < 4.78 is 7.27. The van der Waals surface area contributed by atoms with E-state index in [0.29, 0.717) is 36.5 Å². The van der Waals surface area contributed by atoms with Crippen molar-refractivity contribution in [2.45, 2.75) is 19.4 Å². The number of nitrogens with two attached hydrogens (primary N) is 1. The number of carbonyl (C=O) groups excluding carboxylic acids is 1. The summed E-state index contributed by atoms with van der Waals surface area (Å²) in [6, 6.07) is 3.77. The number of furan rings is 1. The van der Waals surface area contributed by atoms with Gasteiger partial charge in [-0.05, 0) is 18.6 Å². The number of hydrogen-bond donors (Lipinski definition) is 1. The normalized spacial score (nSPS) is 14.7. The number of aryl methyl sites for hydroxylation is 1. The summed E-state index contributed by atoms with van der Waals surface area (Å²) in [6.45, 7) is 1.80. The Balaban J connectivity index is 1.42. The van der Waals surface area contributed by atoms with Crippen LogP contribution < -0.4 is 5.73 Å². The van der Waals surface area contributed by atoms with Gasteiger partial charge in [0.05, 0.1) is 12.6 Å². The zero-order valence-corrected chi connectivity index (χ0v) is 13.6. The second-order valence-electron chi connectivity index (χ2n) is 5.93. The van der Waals surface area contributed by atoms with Crippen LogP contribution in [-0.4, -0.2) is 43.4 Å². The van der Waals surface area contributed by atoms with Crippen LogP contribution in [0.2, 0.25) is 0 Å². The van der Waals surface area contributed by atoms with E-state index in [0.717, 1.165) is 24.3 Å². The molecule has 3 aromatic heterocycles. The highest BCUT2D eigenvalue weighted by molar-refractivity contribution is 5.82. The Hall–Kier alpha value is -3.16. The first-order valence-corrected chi connectivity index (χ1v) is 8.14. The summed E-state index contributed by atoms with van der Waals surface area (Å²) in [6.07, 6.45) is 8.04. The number of imidazole rings is 1. The summed E-state index contributed by atoms with van der Waals surface area (Å²) in [7, 11) is 0. The Kier molecular flexibility index (Phi) is 3.93. The highest BCUT2D eigenvalue weighted by atomic mass is 16.3.